The van der Waals surface area contributed by atoms with Gasteiger partial charge in [-0.3, -0.25) is 0 Å². The number of fused-ring (bicyclic) bond motifs is 1. The van der Waals surface area contributed by atoms with E-state index in [9.17, 15) is 0 Å². The van der Waals surface area contributed by atoms with Crippen molar-refractivity contribution in [2.75, 3.05) is 0 Å². The van der Waals surface area contributed by atoms with Crippen molar-refractivity contribution in [3.8, 4) is 0 Å². The average Bonchev–Trinajstić information content (AvgIpc) is 2.62. The lowest BCUT2D eigenvalue weighted by atomic mass is 9.87. The van der Waals surface area contributed by atoms with Gasteiger partial charge in [0, 0.05) is 17.7 Å². The van der Waals surface area contributed by atoms with Gasteiger partial charge in [0.05, 0.1) is 5.41 Å². The van der Waals surface area contributed by atoms with E-state index in [2.05, 4.69) is 61.2 Å². The third-order valence-corrected chi connectivity index (χ3v) is 3.11. The first-order chi connectivity index (χ1) is 8.65. The van der Waals surface area contributed by atoms with E-state index < -0.39 is 0 Å². The molecule has 2 rings (SSSR count). The molecule has 0 radical (unpaired) electrons. The van der Waals surface area contributed by atoms with Gasteiger partial charge in [-0.1, -0.05) is 42.5 Å². The molecular formula is C17H20N+. The van der Waals surface area contributed by atoms with Gasteiger partial charge in [-0.2, -0.15) is 4.58 Å². The second kappa shape index (κ2) is 5.18. The van der Waals surface area contributed by atoms with E-state index >= 15 is 0 Å². The van der Waals surface area contributed by atoms with Gasteiger partial charge in [-0.05, 0) is 20.8 Å². The molecule has 0 spiro atoms. The van der Waals surface area contributed by atoms with E-state index in [4.69, 9.17) is 0 Å². The van der Waals surface area contributed by atoms with Crippen LogP contribution in [0.1, 0.15) is 26.3 Å². The fourth-order valence-corrected chi connectivity index (χ4v) is 2.24. The number of nitrogens with zero attached hydrogens (tertiary/aromatic N) is 1. The summed E-state index contributed by atoms with van der Waals surface area (Å²) in [6.45, 7) is 6.51. The molecule has 1 aromatic rings. The molecule has 0 N–H and O–H groups in total. The Labute approximate surface area is 109 Å². The maximum Gasteiger partial charge on any atom is 0.214 e. The summed E-state index contributed by atoms with van der Waals surface area (Å²) in [5, 5.41) is 0. The maximum absolute atomic E-state index is 2.26. The molecule has 0 aromatic heterocycles. The van der Waals surface area contributed by atoms with Crippen LogP contribution in [-0.2, 0) is 5.41 Å². The van der Waals surface area contributed by atoms with Gasteiger partial charge >= 0.3 is 0 Å². The molecule has 0 atom stereocenters. The average molecular weight is 238 g/mol. The standard InChI is InChI=1S/C17H20N/c1-4-5-6-7-10-13-18-14-17(2,3)15-11-8-9-12-16(15)18/h4-14H,1-3H3/q+1. The zero-order chi connectivity index (χ0) is 13.0. The third-order valence-electron chi connectivity index (χ3n) is 3.11. The van der Waals surface area contributed by atoms with Crippen molar-refractivity contribution in [1.82, 2.24) is 0 Å². The molecule has 1 aliphatic rings. The monoisotopic (exact) mass is 238 g/mol. The van der Waals surface area contributed by atoms with Crippen LogP contribution in [0.25, 0.3) is 0 Å². The Morgan fingerprint density at radius 2 is 1.72 bits per heavy atom. The molecule has 92 valence electrons. The van der Waals surface area contributed by atoms with E-state index in [0.717, 1.165) is 0 Å². The van der Waals surface area contributed by atoms with Crippen molar-refractivity contribution >= 4 is 11.9 Å². The highest BCUT2D eigenvalue weighted by Crippen LogP contribution is 2.35. The predicted molar refractivity (Wildman–Crippen MR) is 78.5 cm³/mol. The summed E-state index contributed by atoms with van der Waals surface area (Å²) in [5.74, 6) is 0. The Kier molecular flexibility index (Phi) is 3.61. The van der Waals surface area contributed by atoms with Crippen LogP contribution in [0.3, 0.4) is 0 Å². The molecule has 18 heavy (non-hydrogen) atoms. The third kappa shape index (κ3) is 2.51. The van der Waals surface area contributed by atoms with E-state index in [1.807, 2.05) is 31.2 Å². The smallest absolute Gasteiger partial charge is 0.170 e. The van der Waals surface area contributed by atoms with Gasteiger partial charge in [0.2, 0.25) is 5.69 Å². The van der Waals surface area contributed by atoms with E-state index in [1.165, 1.54) is 11.3 Å². The summed E-state index contributed by atoms with van der Waals surface area (Å²) in [6.07, 6.45) is 14.5. The van der Waals surface area contributed by atoms with E-state index in [-0.39, 0.29) is 5.41 Å². The molecule has 1 nitrogen and oxygen atoms in total. The fraction of sp³-hybridized carbons (Fsp3) is 0.235. The maximum atomic E-state index is 2.26. The quantitative estimate of drug-likeness (QED) is 0.544. The minimum Gasteiger partial charge on any atom is -0.170 e. The fourth-order valence-electron chi connectivity index (χ4n) is 2.24. The minimum absolute atomic E-state index is 0.105. The molecule has 0 saturated carbocycles. The molecular weight excluding hydrogens is 218 g/mol. The number of benzene rings is 1. The number of para-hydroxylation sites is 1. The van der Waals surface area contributed by atoms with Gasteiger partial charge in [0.1, 0.15) is 0 Å². The molecule has 1 aliphatic heterocycles. The zero-order valence-electron chi connectivity index (χ0n) is 11.3. The molecule has 0 bridgehead atoms. The van der Waals surface area contributed by atoms with Gasteiger partial charge in [0.25, 0.3) is 0 Å². The Morgan fingerprint density at radius 1 is 1.00 bits per heavy atom. The highest BCUT2D eigenvalue weighted by molar-refractivity contribution is 5.77. The first-order valence-corrected chi connectivity index (χ1v) is 6.35. The molecule has 1 heterocycles. The summed E-state index contributed by atoms with van der Waals surface area (Å²) in [5.41, 5.74) is 2.76. The molecule has 0 unspecified atom stereocenters. The molecule has 1 aromatic carbocycles. The first kappa shape index (κ1) is 12.6. The summed E-state index contributed by atoms with van der Waals surface area (Å²) >= 11 is 0. The summed E-state index contributed by atoms with van der Waals surface area (Å²) in [6, 6.07) is 8.56. The lowest BCUT2D eigenvalue weighted by Gasteiger charge is -2.09. The van der Waals surface area contributed by atoms with Crippen LogP contribution in [0.15, 0.2) is 60.8 Å². The van der Waals surface area contributed by atoms with Gasteiger partial charge in [-0.15, -0.1) is 0 Å². The second-order valence-corrected chi connectivity index (χ2v) is 5.03. The Hall–Kier alpha value is -1.89. The Morgan fingerprint density at radius 3 is 2.50 bits per heavy atom. The molecule has 0 amide bonds. The van der Waals surface area contributed by atoms with Crippen molar-refractivity contribution in [1.29, 1.82) is 0 Å². The van der Waals surface area contributed by atoms with E-state index in [1.54, 1.807) is 0 Å². The normalized spacial score (nSPS) is 17.8. The van der Waals surface area contributed by atoms with Crippen molar-refractivity contribution in [3.05, 3.63) is 66.4 Å². The number of hydrogen-bond donors (Lipinski definition) is 0. The van der Waals surface area contributed by atoms with Crippen LogP contribution < -0.4 is 0 Å². The molecule has 0 aliphatic carbocycles. The van der Waals surface area contributed by atoms with Gasteiger partial charge in [-0.25, -0.2) is 0 Å². The van der Waals surface area contributed by atoms with Crippen LogP contribution in [0.5, 0.6) is 0 Å². The zero-order valence-corrected chi connectivity index (χ0v) is 11.3. The van der Waals surface area contributed by atoms with E-state index in [0.29, 0.717) is 0 Å². The highest BCUT2D eigenvalue weighted by atomic mass is 15.0. The topological polar surface area (TPSA) is 3.01 Å². The van der Waals surface area contributed by atoms with Crippen LogP contribution in [0.2, 0.25) is 0 Å². The molecule has 0 saturated heterocycles. The van der Waals surface area contributed by atoms with Crippen LogP contribution in [0.4, 0.5) is 5.69 Å². The second-order valence-electron chi connectivity index (χ2n) is 5.03. The predicted octanol–water partition coefficient (Wildman–Crippen LogP) is 4.34. The molecule has 0 fully saturated rings. The number of hydrogen-bond acceptors (Lipinski definition) is 0. The van der Waals surface area contributed by atoms with Gasteiger partial charge < -0.3 is 0 Å². The van der Waals surface area contributed by atoms with Crippen molar-refractivity contribution < 1.29 is 4.58 Å². The van der Waals surface area contributed by atoms with Crippen molar-refractivity contribution in [3.63, 3.8) is 0 Å². The molecule has 1 heteroatoms. The Balaban J connectivity index is 2.26. The van der Waals surface area contributed by atoms with Crippen molar-refractivity contribution in [2.24, 2.45) is 0 Å². The number of rotatable bonds is 3. The minimum atomic E-state index is 0.105. The first-order valence-electron chi connectivity index (χ1n) is 6.35. The van der Waals surface area contributed by atoms with Crippen LogP contribution in [0, 0.1) is 0 Å². The summed E-state index contributed by atoms with van der Waals surface area (Å²) in [7, 11) is 0. The largest absolute Gasteiger partial charge is 0.214 e. The van der Waals surface area contributed by atoms with Crippen LogP contribution in [-0.4, -0.2) is 10.8 Å². The summed E-state index contributed by atoms with van der Waals surface area (Å²) < 4.78 is 2.20. The number of allylic oxidation sites excluding steroid dienone is 5. The summed E-state index contributed by atoms with van der Waals surface area (Å²) in [4.78, 5) is 0. The Bertz CT molecular complexity index is 542. The van der Waals surface area contributed by atoms with Crippen LogP contribution >= 0.6 is 0 Å². The van der Waals surface area contributed by atoms with Gasteiger partial charge in [0.15, 0.2) is 12.4 Å². The SMILES string of the molecule is CC=CC=CC=C[N+]1=CC(C)(C)c2ccccc21. The lowest BCUT2D eigenvalue weighted by molar-refractivity contribution is -0.351. The van der Waals surface area contributed by atoms with Crippen molar-refractivity contribution in [2.45, 2.75) is 26.2 Å². The lowest BCUT2D eigenvalue weighted by Crippen LogP contribution is -2.15. The highest BCUT2D eigenvalue weighted by Gasteiger charge is 2.35.